The smallest absolute Gasteiger partial charge is 0.225 e. The van der Waals surface area contributed by atoms with Crippen LogP contribution in [-0.2, 0) is 0 Å². The van der Waals surface area contributed by atoms with E-state index in [1.54, 1.807) is 0 Å². The zero-order valence-electron chi connectivity index (χ0n) is 11.1. The minimum Gasteiger partial charge on any atom is -0.340 e. The molecule has 2 atom stereocenters. The van der Waals surface area contributed by atoms with Crippen molar-refractivity contribution in [2.75, 3.05) is 24.5 Å². The van der Waals surface area contributed by atoms with E-state index in [-0.39, 0.29) is 0 Å². The molecule has 1 aromatic heterocycles. The van der Waals surface area contributed by atoms with E-state index in [9.17, 15) is 0 Å². The predicted molar refractivity (Wildman–Crippen MR) is 72.7 cm³/mol. The third-order valence-electron chi connectivity index (χ3n) is 4.18. The first-order valence-electron chi connectivity index (χ1n) is 7.10. The third-order valence-corrected chi connectivity index (χ3v) is 4.18. The summed E-state index contributed by atoms with van der Waals surface area (Å²) in [5, 5.41) is 3.64. The van der Waals surface area contributed by atoms with Gasteiger partial charge in [-0.1, -0.05) is 0 Å². The summed E-state index contributed by atoms with van der Waals surface area (Å²) in [4.78, 5) is 11.3. The van der Waals surface area contributed by atoms with Crippen LogP contribution in [0.25, 0.3) is 0 Å². The Hall–Kier alpha value is -1.16. The van der Waals surface area contributed by atoms with E-state index in [1.165, 1.54) is 32.2 Å². The number of nitrogens with one attached hydrogen (secondary N) is 1. The lowest BCUT2D eigenvalue weighted by Gasteiger charge is -2.35. The lowest BCUT2D eigenvalue weighted by atomic mass is 9.90. The van der Waals surface area contributed by atoms with E-state index in [1.807, 2.05) is 19.3 Å². The lowest BCUT2D eigenvalue weighted by molar-refractivity contribution is 0.327. The van der Waals surface area contributed by atoms with Gasteiger partial charge in [-0.2, -0.15) is 0 Å². The number of aryl methyl sites for hydroxylation is 1. The second-order valence-electron chi connectivity index (χ2n) is 5.61. The van der Waals surface area contributed by atoms with Crippen molar-refractivity contribution in [3.63, 3.8) is 0 Å². The zero-order chi connectivity index (χ0) is 12.4. The van der Waals surface area contributed by atoms with E-state index < -0.39 is 0 Å². The highest BCUT2D eigenvalue weighted by molar-refractivity contribution is 5.30. The van der Waals surface area contributed by atoms with Crippen LogP contribution in [0.15, 0.2) is 12.4 Å². The molecule has 0 amide bonds. The van der Waals surface area contributed by atoms with Gasteiger partial charge >= 0.3 is 0 Å². The molecule has 0 saturated carbocycles. The summed E-state index contributed by atoms with van der Waals surface area (Å²) in [6.45, 7) is 5.44. The molecule has 0 bridgehead atoms. The van der Waals surface area contributed by atoms with Crippen molar-refractivity contribution in [1.29, 1.82) is 0 Å². The van der Waals surface area contributed by atoms with Gasteiger partial charge in [-0.05, 0) is 50.6 Å². The Bertz CT molecular complexity index is 383. The van der Waals surface area contributed by atoms with Gasteiger partial charge in [-0.25, -0.2) is 9.97 Å². The molecule has 0 aromatic carbocycles. The monoisotopic (exact) mass is 246 g/mol. The maximum Gasteiger partial charge on any atom is 0.225 e. The molecule has 3 rings (SSSR count). The fraction of sp³-hybridized carbons (Fsp3) is 0.714. The molecule has 2 fully saturated rings. The summed E-state index contributed by atoms with van der Waals surface area (Å²) in [7, 11) is 0. The number of rotatable bonds is 2. The molecule has 0 aliphatic carbocycles. The molecule has 4 heteroatoms. The SMILES string of the molecule is Cc1cnc(N2CCCC(C3CCCN3)C2)nc1. The Kier molecular flexibility index (Phi) is 3.46. The minimum atomic E-state index is 0.721. The average molecular weight is 246 g/mol. The van der Waals surface area contributed by atoms with Crippen molar-refractivity contribution in [2.45, 2.75) is 38.6 Å². The number of piperidine rings is 1. The second kappa shape index (κ2) is 5.22. The van der Waals surface area contributed by atoms with Crippen molar-refractivity contribution >= 4 is 5.95 Å². The summed E-state index contributed by atoms with van der Waals surface area (Å²) >= 11 is 0. The van der Waals surface area contributed by atoms with Crippen LogP contribution in [0.5, 0.6) is 0 Å². The van der Waals surface area contributed by atoms with E-state index >= 15 is 0 Å². The highest BCUT2D eigenvalue weighted by atomic mass is 15.3. The van der Waals surface area contributed by atoms with E-state index in [4.69, 9.17) is 0 Å². The predicted octanol–water partition coefficient (Wildman–Crippen LogP) is 1.75. The Morgan fingerprint density at radius 2 is 2.06 bits per heavy atom. The van der Waals surface area contributed by atoms with Crippen molar-refractivity contribution in [3.8, 4) is 0 Å². The largest absolute Gasteiger partial charge is 0.340 e. The molecular formula is C14H22N4. The molecule has 1 N–H and O–H groups in total. The summed E-state index contributed by atoms with van der Waals surface area (Å²) < 4.78 is 0. The molecule has 0 spiro atoms. The van der Waals surface area contributed by atoms with Crippen LogP contribution >= 0.6 is 0 Å². The Morgan fingerprint density at radius 3 is 2.78 bits per heavy atom. The molecular weight excluding hydrogens is 224 g/mol. The summed E-state index contributed by atoms with van der Waals surface area (Å²) in [6.07, 6.45) is 9.12. The molecule has 2 aliphatic heterocycles. The van der Waals surface area contributed by atoms with Gasteiger partial charge < -0.3 is 10.2 Å². The molecule has 18 heavy (non-hydrogen) atoms. The third kappa shape index (κ3) is 2.48. The Balaban J connectivity index is 1.67. The molecule has 4 nitrogen and oxygen atoms in total. The first-order valence-corrected chi connectivity index (χ1v) is 7.10. The number of aromatic nitrogens is 2. The van der Waals surface area contributed by atoms with Crippen LogP contribution in [-0.4, -0.2) is 35.6 Å². The summed E-state index contributed by atoms with van der Waals surface area (Å²) in [6, 6.07) is 0.721. The fourth-order valence-corrected chi connectivity index (χ4v) is 3.18. The van der Waals surface area contributed by atoms with Gasteiger partial charge in [-0.15, -0.1) is 0 Å². The Labute approximate surface area is 109 Å². The maximum atomic E-state index is 4.46. The molecule has 2 saturated heterocycles. The average Bonchev–Trinajstić information content (AvgIpc) is 2.94. The van der Waals surface area contributed by atoms with Crippen LogP contribution in [0.3, 0.4) is 0 Å². The minimum absolute atomic E-state index is 0.721. The first kappa shape index (κ1) is 11.9. The standard InChI is InChI=1S/C14H22N4/c1-11-8-16-14(17-9-11)18-7-3-4-12(10-18)13-5-2-6-15-13/h8-9,12-13,15H,2-7,10H2,1H3. The van der Waals surface area contributed by atoms with Gasteiger partial charge in [-0.3, -0.25) is 0 Å². The van der Waals surface area contributed by atoms with Crippen LogP contribution < -0.4 is 10.2 Å². The van der Waals surface area contributed by atoms with E-state index in [0.717, 1.165) is 36.6 Å². The van der Waals surface area contributed by atoms with Crippen molar-refractivity contribution in [2.24, 2.45) is 5.92 Å². The van der Waals surface area contributed by atoms with Crippen LogP contribution in [0.4, 0.5) is 5.95 Å². The highest BCUT2D eigenvalue weighted by Crippen LogP contribution is 2.26. The number of anilines is 1. The quantitative estimate of drug-likeness (QED) is 0.863. The topological polar surface area (TPSA) is 41.1 Å². The fourth-order valence-electron chi connectivity index (χ4n) is 3.18. The van der Waals surface area contributed by atoms with Crippen LogP contribution in [0.1, 0.15) is 31.2 Å². The molecule has 98 valence electrons. The van der Waals surface area contributed by atoms with Crippen molar-refractivity contribution in [1.82, 2.24) is 15.3 Å². The van der Waals surface area contributed by atoms with Gasteiger partial charge in [0.25, 0.3) is 0 Å². The van der Waals surface area contributed by atoms with Gasteiger partial charge in [0, 0.05) is 31.5 Å². The van der Waals surface area contributed by atoms with Gasteiger partial charge in [0.05, 0.1) is 0 Å². The normalized spacial score (nSPS) is 28.6. The molecule has 0 radical (unpaired) electrons. The molecule has 2 unspecified atom stereocenters. The molecule has 2 aliphatic rings. The number of hydrogen-bond acceptors (Lipinski definition) is 4. The van der Waals surface area contributed by atoms with Crippen molar-refractivity contribution < 1.29 is 0 Å². The number of hydrogen-bond donors (Lipinski definition) is 1. The lowest BCUT2D eigenvalue weighted by Crippen LogP contribution is -2.44. The second-order valence-corrected chi connectivity index (χ2v) is 5.61. The van der Waals surface area contributed by atoms with Gasteiger partial charge in [0.15, 0.2) is 0 Å². The zero-order valence-corrected chi connectivity index (χ0v) is 11.1. The van der Waals surface area contributed by atoms with E-state index in [0.29, 0.717) is 0 Å². The van der Waals surface area contributed by atoms with Gasteiger partial charge in [0.2, 0.25) is 5.95 Å². The van der Waals surface area contributed by atoms with Gasteiger partial charge in [0.1, 0.15) is 0 Å². The Morgan fingerprint density at radius 1 is 1.22 bits per heavy atom. The molecule has 3 heterocycles. The molecule has 1 aromatic rings. The maximum absolute atomic E-state index is 4.46. The number of nitrogens with zero attached hydrogens (tertiary/aromatic N) is 3. The first-order chi connectivity index (χ1) is 8.83. The van der Waals surface area contributed by atoms with Crippen LogP contribution in [0, 0.1) is 12.8 Å². The summed E-state index contributed by atoms with van der Waals surface area (Å²) in [5.74, 6) is 1.68. The van der Waals surface area contributed by atoms with E-state index in [2.05, 4.69) is 20.2 Å². The summed E-state index contributed by atoms with van der Waals surface area (Å²) in [5.41, 5.74) is 1.13. The van der Waals surface area contributed by atoms with Crippen molar-refractivity contribution in [3.05, 3.63) is 18.0 Å². The highest BCUT2D eigenvalue weighted by Gasteiger charge is 2.29. The van der Waals surface area contributed by atoms with Crippen LogP contribution in [0.2, 0.25) is 0 Å².